The number of halogens is 6. The van der Waals surface area contributed by atoms with Gasteiger partial charge >= 0.3 is 17.0 Å². The second kappa shape index (κ2) is 12.7. The molecule has 0 spiro atoms. The number of rotatable bonds is 11. The zero-order chi connectivity index (χ0) is 26.0. The molecule has 8 nitrogen and oxygen atoms in total. The first-order chi connectivity index (χ1) is 14.2. The van der Waals surface area contributed by atoms with Crippen molar-refractivity contribution >= 4 is 26.0 Å². The van der Waals surface area contributed by atoms with Gasteiger partial charge in [-0.3, -0.25) is 0 Å². The Kier molecular flexibility index (Phi) is 13.1. The van der Waals surface area contributed by atoms with Gasteiger partial charge in [-0.15, -0.1) is 0 Å². The zero-order valence-corrected chi connectivity index (χ0v) is 19.7. The highest BCUT2D eigenvalue weighted by Gasteiger charge is 2.46. The summed E-state index contributed by atoms with van der Waals surface area (Å²) in [6, 6.07) is 0. The molecule has 192 valence electrons. The van der Waals surface area contributed by atoms with Gasteiger partial charge < -0.3 is 13.3 Å². The van der Waals surface area contributed by atoms with Crippen molar-refractivity contribution in [2.75, 3.05) is 33.3 Å². The van der Waals surface area contributed by atoms with Crippen LogP contribution in [0.15, 0.2) is 12.2 Å². The Bertz CT molecular complexity index is 775. The monoisotopic (exact) mass is 522 g/mol. The Morgan fingerprint density at radius 3 is 1.56 bits per heavy atom. The first kappa shape index (κ1) is 32.8. The van der Waals surface area contributed by atoms with E-state index >= 15 is 0 Å². The Labute approximate surface area is 184 Å². The third-order valence-corrected chi connectivity index (χ3v) is 6.47. The third kappa shape index (κ3) is 12.0. The molecule has 32 heavy (non-hydrogen) atoms. The van der Waals surface area contributed by atoms with Crippen molar-refractivity contribution in [1.82, 2.24) is 0 Å². The van der Waals surface area contributed by atoms with E-state index in [1.807, 2.05) is 0 Å². The molecule has 16 heteroatoms. The van der Waals surface area contributed by atoms with Gasteiger partial charge in [-0.1, -0.05) is 20.4 Å². The van der Waals surface area contributed by atoms with Gasteiger partial charge in [0.25, 0.3) is 0 Å². The first-order valence-corrected chi connectivity index (χ1v) is 12.1. The molecule has 0 N–H and O–H groups in total. The van der Waals surface area contributed by atoms with Crippen LogP contribution < -0.4 is 0 Å². The first-order valence-electron chi connectivity index (χ1n) is 9.18. The van der Waals surface area contributed by atoms with Crippen LogP contribution in [-0.2, 0) is 29.6 Å². The minimum absolute atomic E-state index is 0.273. The lowest BCUT2D eigenvalue weighted by Gasteiger charge is -2.34. The van der Waals surface area contributed by atoms with E-state index in [9.17, 15) is 48.0 Å². The van der Waals surface area contributed by atoms with E-state index in [1.165, 1.54) is 25.9 Å². The minimum Gasteiger partial charge on any atom is -0.462 e. The fourth-order valence-electron chi connectivity index (χ4n) is 2.36. The lowest BCUT2D eigenvalue weighted by Crippen LogP contribution is -2.46. The van der Waals surface area contributed by atoms with Gasteiger partial charge in [-0.25, -0.2) is 21.6 Å². The molecule has 0 aromatic heterocycles. The number of carbonyl (C=O) groups is 1. The molecular weight excluding hydrogens is 494 g/mol. The van der Waals surface area contributed by atoms with Crippen molar-refractivity contribution in [3.8, 4) is 0 Å². The van der Waals surface area contributed by atoms with Crippen LogP contribution in [0.3, 0.4) is 0 Å². The highest BCUT2D eigenvalue weighted by atomic mass is 32.3. The number of quaternary nitrogens is 1. The molecule has 0 radical (unpaired) electrons. The maximum absolute atomic E-state index is 11.4. The molecule has 0 bridgehead atoms. The summed E-state index contributed by atoms with van der Waals surface area (Å²) < 4.78 is 115. The Hall–Kier alpha value is -1.39. The van der Waals surface area contributed by atoms with Crippen LogP contribution in [-0.4, -0.2) is 71.6 Å². The molecular formula is C16H28F6N2O6S2. The van der Waals surface area contributed by atoms with E-state index in [0.29, 0.717) is 12.2 Å². The fourth-order valence-corrected chi connectivity index (χ4v) is 4.07. The van der Waals surface area contributed by atoms with Gasteiger partial charge in [0, 0.05) is 12.0 Å². The SMILES string of the molecule is C=C(C)C(=O)OCCC[N+](C)(CCC)CCC.O=S(=O)([N-]S(=O)(=O)C(F)(F)F)C(F)(F)F. The van der Waals surface area contributed by atoms with E-state index in [-0.39, 0.29) is 5.97 Å². The van der Waals surface area contributed by atoms with Gasteiger partial charge in [0.1, 0.15) is 0 Å². The lowest BCUT2D eigenvalue weighted by molar-refractivity contribution is -0.909. The van der Waals surface area contributed by atoms with Crippen molar-refractivity contribution in [3.05, 3.63) is 16.3 Å². The molecule has 0 aromatic rings. The van der Waals surface area contributed by atoms with E-state index in [4.69, 9.17) is 4.74 Å². The maximum Gasteiger partial charge on any atom is 0.480 e. The Balaban J connectivity index is 0. The molecule has 0 saturated heterocycles. The summed E-state index contributed by atoms with van der Waals surface area (Å²) in [4.78, 5) is 11.2. The van der Waals surface area contributed by atoms with Crippen LogP contribution >= 0.6 is 0 Å². The molecule has 0 atom stereocenters. The number of nitrogens with zero attached hydrogens (tertiary/aromatic N) is 2. The summed E-state index contributed by atoms with van der Waals surface area (Å²) in [7, 11) is -11.2. The summed E-state index contributed by atoms with van der Waals surface area (Å²) in [6.45, 7) is 13.6. The average molecular weight is 523 g/mol. The molecule has 0 fully saturated rings. The second-order valence-electron chi connectivity index (χ2n) is 6.98. The standard InChI is InChI=1S/C14H28NO2.C2F6NO4S2/c1-6-9-15(5,10-7-2)11-8-12-17-14(16)13(3)4;3-1(4,5)14(10,11)9-15(12,13)2(6,7)8/h3,6-12H2,1-2,4-5H3;/q+1;-1. The van der Waals surface area contributed by atoms with Crippen molar-refractivity contribution in [1.29, 1.82) is 0 Å². The minimum atomic E-state index is -6.72. The maximum atomic E-state index is 11.4. The Morgan fingerprint density at radius 2 is 1.28 bits per heavy atom. The van der Waals surface area contributed by atoms with Gasteiger partial charge in [0.2, 0.25) is 0 Å². The lowest BCUT2D eigenvalue weighted by atomic mass is 10.2. The molecule has 0 aromatic carbocycles. The van der Waals surface area contributed by atoms with Crippen LogP contribution in [0.4, 0.5) is 26.3 Å². The third-order valence-electron chi connectivity index (χ3n) is 3.73. The highest BCUT2D eigenvalue weighted by molar-refractivity contribution is 8.13. The molecule has 0 amide bonds. The predicted molar refractivity (Wildman–Crippen MR) is 105 cm³/mol. The van der Waals surface area contributed by atoms with Gasteiger partial charge in [0.15, 0.2) is 20.0 Å². The van der Waals surface area contributed by atoms with Gasteiger partial charge in [-0.2, -0.15) is 26.3 Å². The highest BCUT2D eigenvalue weighted by Crippen LogP contribution is 2.36. The predicted octanol–water partition coefficient (Wildman–Crippen LogP) is 3.82. The molecule has 0 unspecified atom stereocenters. The summed E-state index contributed by atoms with van der Waals surface area (Å²) in [5, 5.41) is 0. The average Bonchev–Trinajstić information content (AvgIpc) is 2.56. The number of alkyl halides is 6. The number of esters is 1. The molecule has 0 saturated carbocycles. The normalized spacial score (nSPS) is 13.2. The fraction of sp³-hybridized carbons (Fsp3) is 0.812. The summed E-state index contributed by atoms with van der Waals surface area (Å²) in [5.74, 6) is -0.273. The summed E-state index contributed by atoms with van der Waals surface area (Å²) in [5.41, 5.74) is -11.9. The topological polar surface area (TPSA) is 109 Å². The van der Waals surface area contributed by atoms with Gasteiger partial charge in [-0.05, 0) is 19.8 Å². The summed E-state index contributed by atoms with van der Waals surface area (Å²) in [6.07, 6.45) is 3.32. The van der Waals surface area contributed by atoms with E-state index < -0.39 is 31.1 Å². The van der Waals surface area contributed by atoms with Crippen molar-refractivity contribution in [2.24, 2.45) is 0 Å². The van der Waals surface area contributed by atoms with Crippen molar-refractivity contribution < 1.29 is 57.2 Å². The van der Waals surface area contributed by atoms with E-state index in [2.05, 4.69) is 27.5 Å². The number of sulfonamides is 2. The number of hydrogen-bond acceptors (Lipinski definition) is 6. The van der Waals surface area contributed by atoms with Crippen LogP contribution in [0.1, 0.15) is 40.0 Å². The number of hydrogen-bond donors (Lipinski definition) is 0. The smallest absolute Gasteiger partial charge is 0.462 e. The second-order valence-corrected chi connectivity index (χ2v) is 10.4. The Morgan fingerprint density at radius 1 is 0.906 bits per heavy atom. The van der Waals surface area contributed by atoms with Crippen molar-refractivity contribution in [3.63, 3.8) is 0 Å². The van der Waals surface area contributed by atoms with E-state index in [0.717, 1.165) is 21.6 Å². The van der Waals surface area contributed by atoms with Gasteiger partial charge in [0.05, 0.1) is 33.3 Å². The molecule has 0 aliphatic heterocycles. The number of ether oxygens (including phenoxy) is 1. The van der Waals surface area contributed by atoms with Crippen LogP contribution in [0.25, 0.3) is 4.13 Å². The summed E-state index contributed by atoms with van der Waals surface area (Å²) >= 11 is 0. The quantitative estimate of drug-likeness (QED) is 0.134. The molecule has 0 heterocycles. The van der Waals surface area contributed by atoms with Crippen LogP contribution in [0, 0.1) is 0 Å². The number of carbonyl (C=O) groups excluding carboxylic acids is 1. The van der Waals surface area contributed by atoms with Crippen LogP contribution in [0.2, 0.25) is 0 Å². The van der Waals surface area contributed by atoms with Crippen LogP contribution in [0.5, 0.6) is 0 Å². The molecule has 0 aliphatic rings. The molecule has 0 aliphatic carbocycles. The zero-order valence-electron chi connectivity index (χ0n) is 18.1. The van der Waals surface area contributed by atoms with Crippen molar-refractivity contribution in [2.45, 2.75) is 51.1 Å². The van der Waals surface area contributed by atoms with E-state index in [1.54, 1.807) is 6.92 Å². The molecule has 0 rings (SSSR count). The largest absolute Gasteiger partial charge is 0.480 e.